The Morgan fingerprint density at radius 3 is 1.95 bits per heavy atom. The van der Waals surface area contributed by atoms with Crippen LogP contribution in [0.3, 0.4) is 0 Å². The summed E-state index contributed by atoms with van der Waals surface area (Å²) in [6, 6.07) is 28.9. The molecule has 1 fully saturated rings. The van der Waals surface area contributed by atoms with Crippen LogP contribution in [0.15, 0.2) is 101 Å². The maximum Gasteiger partial charge on any atom is 0.332 e. The highest BCUT2D eigenvalue weighted by molar-refractivity contribution is 7.44. The molecule has 2 heterocycles. The zero-order valence-electron chi connectivity index (χ0n) is 33.4. The Balaban J connectivity index is 1.67. The maximum atomic E-state index is 13.6. The smallest absolute Gasteiger partial charge is 0.332 e. The third-order valence-corrected chi connectivity index (χ3v) is 11.8. The number of benzene rings is 3. The molecule has 0 aliphatic carbocycles. The molecular weight excluding hydrogens is 735 g/mol. The zero-order valence-corrected chi connectivity index (χ0v) is 34.3. The highest BCUT2D eigenvalue weighted by atomic mass is 31.2. The van der Waals surface area contributed by atoms with E-state index in [1.54, 1.807) is 14.2 Å². The number of rotatable bonds is 19. The zero-order chi connectivity index (χ0) is 40.4. The predicted molar refractivity (Wildman–Crippen MR) is 214 cm³/mol. The largest absolute Gasteiger partial charge is 0.497 e. The summed E-state index contributed by atoms with van der Waals surface area (Å²) in [6.07, 6.45) is -1.89. The van der Waals surface area contributed by atoms with E-state index in [2.05, 4.69) is 38.4 Å². The molecule has 0 N–H and O–H groups in total. The first-order valence-corrected chi connectivity index (χ1v) is 19.9. The predicted octanol–water partition coefficient (Wildman–Crippen LogP) is 6.54. The van der Waals surface area contributed by atoms with E-state index >= 15 is 0 Å². The topological polar surface area (TPSA) is 136 Å². The molecule has 1 unspecified atom stereocenters. The molecule has 0 bridgehead atoms. The van der Waals surface area contributed by atoms with E-state index in [9.17, 15) is 14.9 Å². The third kappa shape index (κ3) is 9.25. The second kappa shape index (κ2) is 19.7. The number of nitrogens with zero attached hydrogens (tertiary/aromatic N) is 4. The van der Waals surface area contributed by atoms with Crippen molar-refractivity contribution in [3.63, 3.8) is 0 Å². The van der Waals surface area contributed by atoms with Crippen LogP contribution in [0.5, 0.6) is 11.5 Å². The molecule has 1 aliphatic rings. The summed E-state index contributed by atoms with van der Waals surface area (Å²) in [5, 5.41) is 9.39. The number of nitriles is 1. The van der Waals surface area contributed by atoms with E-state index in [1.165, 1.54) is 23.9 Å². The molecule has 0 amide bonds. The van der Waals surface area contributed by atoms with Gasteiger partial charge in [-0.25, -0.2) is 9.46 Å². The van der Waals surface area contributed by atoms with Crippen molar-refractivity contribution in [3.8, 4) is 17.6 Å². The van der Waals surface area contributed by atoms with E-state index in [0.29, 0.717) is 11.5 Å². The van der Waals surface area contributed by atoms with Gasteiger partial charge in [0.25, 0.3) is 14.1 Å². The lowest BCUT2D eigenvalue weighted by Crippen LogP contribution is -2.44. The lowest BCUT2D eigenvalue weighted by Gasteiger charge is -2.39. The van der Waals surface area contributed by atoms with E-state index in [1.807, 2.05) is 85.8 Å². The fourth-order valence-electron chi connectivity index (χ4n) is 7.02. The molecule has 1 aromatic heterocycles. The van der Waals surface area contributed by atoms with Gasteiger partial charge in [0.1, 0.15) is 35.4 Å². The molecule has 5 atom stereocenters. The molecule has 0 spiro atoms. The minimum absolute atomic E-state index is 0.0173. The average Bonchev–Trinajstić information content (AvgIpc) is 3.53. The van der Waals surface area contributed by atoms with Crippen LogP contribution in [0.1, 0.15) is 64.0 Å². The normalized spacial score (nSPS) is 19.0. The van der Waals surface area contributed by atoms with Crippen molar-refractivity contribution in [2.45, 2.75) is 83.3 Å². The van der Waals surface area contributed by atoms with Crippen LogP contribution in [-0.2, 0) is 35.9 Å². The Morgan fingerprint density at radius 1 is 0.857 bits per heavy atom. The number of hydrogen-bond donors (Lipinski definition) is 0. The van der Waals surface area contributed by atoms with Gasteiger partial charge in [-0.05, 0) is 75.6 Å². The molecule has 5 rings (SSSR count). The monoisotopic (exact) mass is 788 g/mol. The van der Waals surface area contributed by atoms with Crippen LogP contribution in [-0.4, -0.2) is 78.2 Å². The van der Waals surface area contributed by atoms with Gasteiger partial charge in [-0.3, -0.25) is 13.9 Å². The van der Waals surface area contributed by atoms with Crippen LogP contribution in [0.4, 0.5) is 0 Å². The molecule has 14 heteroatoms. The molecule has 0 saturated carbocycles. The van der Waals surface area contributed by atoms with Crippen molar-refractivity contribution in [1.82, 2.24) is 13.8 Å². The van der Waals surface area contributed by atoms with Crippen LogP contribution in [0.25, 0.3) is 0 Å². The average molecular weight is 789 g/mol. The minimum Gasteiger partial charge on any atom is -0.497 e. The van der Waals surface area contributed by atoms with Gasteiger partial charge in [0, 0.05) is 38.0 Å². The molecule has 56 heavy (non-hydrogen) atoms. The van der Waals surface area contributed by atoms with E-state index in [0.717, 1.165) is 21.3 Å². The minimum atomic E-state index is -1.78. The van der Waals surface area contributed by atoms with E-state index in [4.69, 9.17) is 32.7 Å². The molecule has 1 aliphatic heterocycles. The first-order chi connectivity index (χ1) is 27.0. The molecule has 13 nitrogen and oxygen atoms in total. The number of ether oxygens (including phenoxy) is 5. The van der Waals surface area contributed by atoms with Crippen LogP contribution in [0, 0.1) is 11.3 Å². The summed E-state index contributed by atoms with van der Waals surface area (Å²) in [5.74, 6) is 1.38. The Labute approximate surface area is 330 Å². The van der Waals surface area contributed by atoms with Crippen molar-refractivity contribution < 1.29 is 32.7 Å². The Morgan fingerprint density at radius 2 is 1.43 bits per heavy atom. The lowest BCUT2D eigenvalue weighted by atomic mass is 9.80. The highest BCUT2D eigenvalue weighted by Crippen LogP contribution is 2.51. The van der Waals surface area contributed by atoms with Gasteiger partial charge in [0.05, 0.1) is 39.9 Å². The van der Waals surface area contributed by atoms with Crippen LogP contribution in [0.2, 0.25) is 0 Å². The van der Waals surface area contributed by atoms with Gasteiger partial charge in [0.15, 0.2) is 6.23 Å². The van der Waals surface area contributed by atoms with Gasteiger partial charge in [-0.1, -0.05) is 54.6 Å². The van der Waals surface area contributed by atoms with Crippen molar-refractivity contribution in [1.29, 1.82) is 5.26 Å². The van der Waals surface area contributed by atoms with Crippen molar-refractivity contribution >= 4 is 8.53 Å². The van der Waals surface area contributed by atoms with Crippen molar-refractivity contribution in [2.24, 2.45) is 7.05 Å². The Hall–Kier alpha value is -4.38. The Kier molecular flexibility index (Phi) is 15.0. The van der Waals surface area contributed by atoms with E-state index < -0.39 is 49.9 Å². The van der Waals surface area contributed by atoms with Crippen molar-refractivity contribution in [3.05, 3.63) is 129 Å². The highest BCUT2D eigenvalue weighted by Gasteiger charge is 2.51. The molecule has 0 radical (unpaired) electrons. The van der Waals surface area contributed by atoms with E-state index in [-0.39, 0.29) is 38.3 Å². The lowest BCUT2D eigenvalue weighted by molar-refractivity contribution is -0.0974. The van der Waals surface area contributed by atoms with Gasteiger partial charge >= 0.3 is 5.69 Å². The van der Waals surface area contributed by atoms with Crippen LogP contribution >= 0.6 is 8.53 Å². The van der Waals surface area contributed by atoms with Crippen LogP contribution < -0.4 is 20.7 Å². The fraction of sp³-hybridized carbons (Fsp3) is 0.452. The number of hydrogen-bond acceptors (Lipinski definition) is 11. The number of methoxy groups -OCH3 is 2. The SMILES string of the molecule is CCO[C@@H]1[C@H](OP(OCCC#N)N(C(C)C)C(C)C)[C@@H](COC(c2ccccc2)(c2ccc(OC)cc2)c2ccc(OC)cc2)O[C@H]1n1ccc(=O)n(C)c1=O. The van der Waals surface area contributed by atoms with Gasteiger partial charge < -0.3 is 32.7 Å². The summed E-state index contributed by atoms with van der Waals surface area (Å²) < 4.78 is 49.5. The molecule has 3 aromatic carbocycles. The third-order valence-electron chi connectivity index (χ3n) is 9.65. The first kappa shape index (κ1) is 42.8. The molecule has 300 valence electrons. The summed E-state index contributed by atoms with van der Waals surface area (Å²) in [7, 11) is 2.88. The Bertz CT molecular complexity index is 1940. The first-order valence-electron chi connectivity index (χ1n) is 18.8. The quantitative estimate of drug-likeness (QED) is 0.0583. The van der Waals surface area contributed by atoms with Gasteiger partial charge in [-0.15, -0.1) is 0 Å². The standard InChI is InChI=1S/C42H53N4O9P/c1-9-51-39-38(55-56(53-27-13-25-43)46(29(2)3)30(4)5)36(54-40(39)45-26-24-37(47)44(6)41(45)48)28-52-42(31-14-11-10-12-15-31,32-16-20-34(49-7)21-17-32)33-18-22-35(50-8)23-19-33/h10-12,14-24,26,29-30,36,38-40H,9,13,27-28H2,1-8H3/t36-,38-,39-,40-,56?/m1/s1. The summed E-state index contributed by atoms with van der Waals surface area (Å²) in [5.41, 5.74) is 0.300. The molecule has 4 aromatic rings. The second-order valence-corrected chi connectivity index (χ2v) is 15.2. The van der Waals surface area contributed by atoms with Crippen molar-refractivity contribution in [2.75, 3.05) is 34.0 Å². The maximum absolute atomic E-state index is 13.6. The fourth-order valence-corrected chi connectivity index (χ4v) is 8.79. The summed E-state index contributed by atoms with van der Waals surface area (Å²) in [4.78, 5) is 26.1. The molecular formula is C42H53N4O9P. The summed E-state index contributed by atoms with van der Waals surface area (Å²) in [6.45, 7) is 10.5. The molecule has 1 saturated heterocycles. The second-order valence-electron chi connectivity index (χ2n) is 13.8. The summed E-state index contributed by atoms with van der Waals surface area (Å²) >= 11 is 0. The van der Waals surface area contributed by atoms with Gasteiger partial charge in [-0.2, -0.15) is 5.26 Å². The van der Waals surface area contributed by atoms with Gasteiger partial charge in [0.2, 0.25) is 0 Å². The number of aromatic nitrogens is 2.